The van der Waals surface area contributed by atoms with Crippen LogP contribution >= 0.6 is 11.8 Å². The van der Waals surface area contributed by atoms with Gasteiger partial charge in [-0.1, -0.05) is 30.0 Å². The lowest BCUT2D eigenvalue weighted by Crippen LogP contribution is -2.47. The number of hydrogen-bond acceptors (Lipinski definition) is 3. The number of fused-ring (bicyclic) bond motifs is 2. The number of nitrogens with one attached hydrogen (secondary N) is 2. The first-order valence-electron chi connectivity index (χ1n) is 8.15. The molecule has 1 aliphatic carbocycles. The van der Waals surface area contributed by atoms with Gasteiger partial charge in [-0.05, 0) is 61.7 Å². The smallest absolute Gasteiger partial charge is 0.251 e. The largest absolute Gasteiger partial charge is 0.348 e. The standard InChI is InChI=1S/C19H20N2OS/c22-19(21-18-11-13-10-17(18)20-12-13)14-6-8-16(9-7-14)23-15-4-2-1-3-5-15/h1-9,13,17-18,20H,10-12H2,(H,21,22). The minimum atomic E-state index is 0.0422. The molecule has 2 aromatic rings. The summed E-state index contributed by atoms with van der Waals surface area (Å²) in [6, 6.07) is 18.9. The van der Waals surface area contributed by atoms with Crippen molar-refractivity contribution in [3.05, 3.63) is 60.2 Å². The van der Waals surface area contributed by atoms with Gasteiger partial charge in [0, 0.05) is 27.4 Å². The van der Waals surface area contributed by atoms with E-state index in [1.54, 1.807) is 11.8 Å². The van der Waals surface area contributed by atoms with Gasteiger partial charge < -0.3 is 10.6 Å². The molecule has 2 bridgehead atoms. The molecule has 23 heavy (non-hydrogen) atoms. The van der Waals surface area contributed by atoms with E-state index in [4.69, 9.17) is 0 Å². The highest BCUT2D eigenvalue weighted by Crippen LogP contribution is 2.31. The molecule has 118 valence electrons. The van der Waals surface area contributed by atoms with E-state index in [1.807, 2.05) is 42.5 Å². The van der Waals surface area contributed by atoms with Crippen molar-refractivity contribution in [1.82, 2.24) is 10.6 Å². The summed E-state index contributed by atoms with van der Waals surface area (Å²) in [5.41, 5.74) is 0.741. The molecule has 3 nitrogen and oxygen atoms in total. The number of rotatable bonds is 4. The maximum absolute atomic E-state index is 12.4. The summed E-state index contributed by atoms with van der Waals surface area (Å²) in [6.07, 6.45) is 2.32. The van der Waals surface area contributed by atoms with E-state index in [2.05, 4.69) is 22.8 Å². The molecule has 1 aliphatic heterocycles. The molecular weight excluding hydrogens is 304 g/mol. The normalized spacial score (nSPS) is 25.5. The highest BCUT2D eigenvalue weighted by Gasteiger charge is 2.39. The van der Waals surface area contributed by atoms with Crippen LogP contribution in [0.2, 0.25) is 0 Å². The molecule has 1 saturated carbocycles. The van der Waals surface area contributed by atoms with Crippen molar-refractivity contribution in [3.63, 3.8) is 0 Å². The van der Waals surface area contributed by atoms with Crippen LogP contribution in [0.1, 0.15) is 23.2 Å². The fourth-order valence-corrected chi connectivity index (χ4v) is 4.40. The van der Waals surface area contributed by atoms with Gasteiger partial charge in [0.05, 0.1) is 0 Å². The van der Waals surface area contributed by atoms with Crippen LogP contribution in [0.5, 0.6) is 0 Å². The van der Waals surface area contributed by atoms with Crippen molar-refractivity contribution in [3.8, 4) is 0 Å². The lowest BCUT2D eigenvalue weighted by Gasteiger charge is -2.24. The van der Waals surface area contributed by atoms with Gasteiger partial charge >= 0.3 is 0 Å². The van der Waals surface area contributed by atoms with Gasteiger partial charge in [-0.3, -0.25) is 4.79 Å². The molecule has 2 aromatic carbocycles. The fourth-order valence-electron chi connectivity index (χ4n) is 3.56. The van der Waals surface area contributed by atoms with Crippen LogP contribution < -0.4 is 10.6 Å². The van der Waals surface area contributed by atoms with Crippen molar-refractivity contribution < 1.29 is 4.79 Å². The molecule has 0 spiro atoms. The first-order chi connectivity index (χ1) is 11.3. The molecule has 1 heterocycles. The zero-order valence-electron chi connectivity index (χ0n) is 12.9. The second-order valence-corrected chi connectivity index (χ2v) is 7.52. The van der Waals surface area contributed by atoms with E-state index in [-0.39, 0.29) is 5.91 Å². The van der Waals surface area contributed by atoms with Gasteiger partial charge in [0.25, 0.3) is 5.91 Å². The van der Waals surface area contributed by atoms with E-state index < -0.39 is 0 Å². The van der Waals surface area contributed by atoms with E-state index in [0.717, 1.165) is 29.3 Å². The average Bonchev–Trinajstić information content (AvgIpc) is 3.19. The minimum Gasteiger partial charge on any atom is -0.348 e. The summed E-state index contributed by atoms with van der Waals surface area (Å²) >= 11 is 1.71. The Balaban J connectivity index is 1.38. The Morgan fingerprint density at radius 1 is 1.00 bits per heavy atom. The summed E-state index contributed by atoms with van der Waals surface area (Å²) in [5, 5.41) is 6.67. The molecule has 2 N–H and O–H groups in total. The summed E-state index contributed by atoms with van der Waals surface area (Å²) in [4.78, 5) is 14.8. The second-order valence-electron chi connectivity index (χ2n) is 6.37. The summed E-state index contributed by atoms with van der Waals surface area (Å²) in [7, 11) is 0. The van der Waals surface area contributed by atoms with Gasteiger partial charge in [0.1, 0.15) is 0 Å². The summed E-state index contributed by atoms with van der Waals surface area (Å²) < 4.78 is 0. The monoisotopic (exact) mass is 324 g/mol. The van der Waals surface area contributed by atoms with E-state index in [1.165, 1.54) is 11.3 Å². The van der Waals surface area contributed by atoms with Gasteiger partial charge in [-0.15, -0.1) is 0 Å². The molecule has 0 aromatic heterocycles. The van der Waals surface area contributed by atoms with Crippen LogP contribution in [0.4, 0.5) is 0 Å². The Morgan fingerprint density at radius 2 is 1.74 bits per heavy atom. The quantitative estimate of drug-likeness (QED) is 0.906. The third-order valence-corrected chi connectivity index (χ3v) is 5.76. The summed E-state index contributed by atoms with van der Waals surface area (Å²) in [5.74, 6) is 0.788. The number of benzene rings is 2. The molecular formula is C19H20N2OS. The Morgan fingerprint density at radius 3 is 2.39 bits per heavy atom. The molecule has 2 fully saturated rings. The third kappa shape index (κ3) is 3.28. The first-order valence-corrected chi connectivity index (χ1v) is 8.97. The van der Waals surface area contributed by atoms with Crippen LogP contribution in [0.25, 0.3) is 0 Å². The van der Waals surface area contributed by atoms with E-state index in [0.29, 0.717) is 12.1 Å². The molecule has 0 radical (unpaired) electrons. The molecule has 1 amide bonds. The number of carbonyl (C=O) groups is 1. The Kier molecular flexibility index (Phi) is 4.10. The minimum absolute atomic E-state index is 0.0422. The summed E-state index contributed by atoms with van der Waals surface area (Å²) in [6.45, 7) is 1.11. The van der Waals surface area contributed by atoms with Crippen molar-refractivity contribution in [2.24, 2.45) is 5.92 Å². The van der Waals surface area contributed by atoms with Crippen LogP contribution in [0.3, 0.4) is 0 Å². The maximum Gasteiger partial charge on any atom is 0.251 e. The Labute approximate surface area is 140 Å². The van der Waals surface area contributed by atoms with Gasteiger partial charge in [-0.25, -0.2) is 0 Å². The van der Waals surface area contributed by atoms with Crippen LogP contribution in [-0.2, 0) is 0 Å². The van der Waals surface area contributed by atoms with E-state index >= 15 is 0 Å². The molecule has 1 saturated heterocycles. The van der Waals surface area contributed by atoms with Crippen LogP contribution in [0, 0.1) is 5.92 Å². The molecule has 2 aliphatic rings. The predicted molar refractivity (Wildman–Crippen MR) is 92.8 cm³/mol. The SMILES string of the molecule is O=C(NC1CC2CNC1C2)c1ccc(Sc2ccccc2)cc1. The zero-order chi connectivity index (χ0) is 15.6. The van der Waals surface area contributed by atoms with Crippen molar-refractivity contribution in [2.75, 3.05) is 6.54 Å². The number of hydrogen-bond donors (Lipinski definition) is 2. The van der Waals surface area contributed by atoms with Crippen LogP contribution in [0.15, 0.2) is 64.4 Å². The third-order valence-electron chi connectivity index (χ3n) is 4.74. The molecule has 4 heteroatoms. The highest BCUT2D eigenvalue weighted by atomic mass is 32.2. The van der Waals surface area contributed by atoms with Gasteiger partial charge in [-0.2, -0.15) is 0 Å². The zero-order valence-corrected chi connectivity index (χ0v) is 13.7. The number of piperidine rings is 1. The lowest BCUT2D eigenvalue weighted by atomic mass is 10.1. The molecule has 3 unspecified atom stereocenters. The first kappa shape index (κ1) is 14.8. The van der Waals surface area contributed by atoms with E-state index in [9.17, 15) is 4.79 Å². The van der Waals surface area contributed by atoms with Crippen molar-refractivity contribution >= 4 is 17.7 Å². The fraction of sp³-hybridized carbons (Fsp3) is 0.316. The topological polar surface area (TPSA) is 41.1 Å². The van der Waals surface area contributed by atoms with Gasteiger partial charge in [0.15, 0.2) is 0 Å². The number of carbonyl (C=O) groups excluding carboxylic acids is 1. The number of amides is 1. The Hall–Kier alpha value is -1.78. The molecule has 4 rings (SSSR count). The van der Waals surface area contributed by atoms with Gasteiger partial charge in [0.2, 0.25) is 0 Å². The highest BCUT2D eigenvalue weighted by molar-refractivity contribution is 7.99. The van der Waals surface area contributed by atoms with Crippen LogP contribution in [-0.4, -0.2) is 24.5 Å². The second kappa shape index (κ2) is 6.38. The Bertz CT molecular complexity index is 686. The average molecular weight is 324 g/mol. The van der Waals surface area contributed by atoms with Crippen molar-refractivity contribution in [1.29, 1.82) is 0 Å². The lowest BCUT2D eigenvalue weighted by molar-refractivity contribution is 0.0928. The predicted octanol–water partition coefficient (Wildman–Crippen LogP) is 3.32. The maximum atomic E-state index is 12.4. The van der Waals surface area contributed by atoms with Crippen molar-refractivity contribution in [2.45, 2.75) is 34.7 Å². The molecule has 3 atom stereocenters.